The Morgan fingerprint density at radius 2 is 2.04 bits per heavy atom. The van der Waals surface area contributed by atoms with E-state index in [9.17, 15) is 18.0 Å². The van der Waals surface area contributed by atoms with Gasteiger partial charge in [0.1, 0.15) is 12.2 Å². The number of hydrogen-bond donors (Lipinski definition) is 1. The molecule has 0 fully saturated rings. The highest BCUT2D eigenvalue weighted by molar-refractivity contribution is 5.81. The average molecular weight is 356 g/mol. The summed E-state index contributed by atoms with van der Waals surface area (Å²) in [6.07, 6.45) is -2.06. The van der Waals surface area contributed by atoms with Crippen LogP contribution >= 0.6 is 0 Å². The zero-order valence-electron chi connectivity index (χ0n) is 13.2. The van der Waals surface area contributed by atoms with E-state index in [1.54, 1.807) is 24.3 Å². The Labute approximate surface area is 141 Å². The summed E-state index contributed by atoms with van der Waals surface area (Å²) >= 11 is 0. The molecule has 1 N–H and O–H groups in total. The second-order valence-electron chi connectivity index (χ2n) is 4.79. The molecule has 0 aliphatic heterocycles. The minimum absolute atomic E-state index is 0.176. The molecule has 0 aliphatic carbocycles. The topological polar surface area (TPSA) is 77.7 Å². The Morgan fingerprint density at radius 3 is 2.72 bits per heavy atom. The van der Waals surface area contributed by atoms with E-state index in [2.05, 4.69) is 15.6 Å². The number of nitrogens with zero attached hydrogens (tertiary/aromatic N) is 3. The summed E-state index contributed by atoms with van der Waals surface area (Å²) in [5.41, 5.74) is 2.37. The van der Waals surface area contributed by atoms with Gasteiger partial charge in [0.05, 0.1) is 13.3 Å². The molecule has 1 aromatic carbocycles. The van der Waals surface area contributed by atoms with Crippen LogP contribution < -0.4 is 14.9 Å². The highest BCUT2D eigenvalue weighted by atomic mass is 19.4. The number of para-hydroxylation sites is 2. The van der Waals surface area contributed by atoms with Gasteiger partial charge in [-0.2, -0.15) is 23.4 Å². The van der Waals surface area contributed by atoms with Crippen LogP contribution in [0.1, 0.15) is 5.69 Å². The third kappa shape index (κ3) is 6.16. The highest BCUT2D eigenvalue weighted by Crippen LogP contribution is 2.25. The standard InChI is InChI=1S/C15H15F3N4O3/c1-24-12-4-2-3-5-13(12)25-9-14(23)20-19-8-11-6-7-22(21-11)10-15(16,17)18/h2-8H,9-10H2,1H3,(H,20,23)/b19-8-. The zero-order chi connectivity index (χ0) is 18.3. The first kappa shape index (κ1) is 18.3. The second-order valence-corrected chi connectivity index (χ2v) is 4.79. The van der Waals surface area contributed by atoms with Gasteiger partial charge >= 0.3 is 6.18 Å². The molecule has 0 unspecified atom stereocenters. The third-order valence-electron chi connectivity index (χ3n) is 2.82. The van der Waals surface area contributed by atoms with E-state index in [-0.39, 0.29) is 12.3 Å². The molecule has 0 saturated carbocycles. The van der Waals surface area contributed by atoms with Crippen molar-refractivity contribution in [1.82, 2.24) is 15.2 Å². The van der Waals surface area contributed by atoms with E-state index in [1.165, 1.54) is 19.4 Å². The predicted molar refractivity (Wildman–Crippen MR) is 82.5 cm³/mol. The minimum Gasteiger partial charge on any atom is -0.493 e. The molecule has 1 aromatic heterocycles. The van der Waals surface area contributed by atoms with Crippen molar-refractivity contribution in [3.8, 4) is 11.5 Å². The molecule has 10 heteroatoms. The number of halogens is 3. The Morgan fingerprint density at radius 1 is 1.32 bits per heavy atom. The summed E-state index contributed by atoms with van der Waals surface area (Å²) in [4.78, 5) is 11.6. The van der Waals surface area contributed by atoms with E-state index in [0.717, 1.165) is 10.9 Å². The van der Waals surface area contributed by atoms with Crippen LogP contribution in [0.25, 0.3) is 0 Å². The van der Waals surface area contributed by atoms with Crippen molar-refractivity contribution < 1.29 is 27.4 Å². The largest absolute Gasteiger partial charge is 0.493 e. The zero-order valence-corrected chi connectivity index (χ0v) is 13.2. The molecule has 0 spiro atoms. The maximum Gasteiger partial charge on any atom is 0.408 e. The lowest BCUT2D eigenvalue weighted by Crippen LogP contribution is -2.24. The van der Waals surface area contributed by atoms with E-state index in [1.807, 2.05) is 0 Å². The summed E-state index contributed by atoms with van der Waals surface area (Å²) in [5.74, 6) is 0.334. The first-order chi connectivity index (χ1) is 11.9. The molecular formula is C15H15F3N4O3. The Balaban J connectivity index is 1.80. The molecule has 134 valence electrons. The SMILES string of the molecule is COc1ccccc1OCC(=O)N/N=C\c1ccn(CC(F)(F)F)n1. The van der Waals surface area contributed by atoms with Crippen LogP contribution in [0.3, 0.4) is 0 Å². The van der Waals surface area contributed by atoms with Crippen molar-refractivity contribution >= 4 is 12.1 Å². The summed E-state index contributed by atoms with van der Waals surface area (Å²) in [7, 11) is 1.48. The smallest absolute Gasteiger partial charge is 0.408 e. The molecule has 1 amide bonds. The lowest BCUT2D eigenvalue weighted by atomic mass is 10.3. The molecule has 0 aliphatic rings. The predicted octanol–water partition coefficient (Wildman–Crippen LogP) is 1.98. The molecule has 0 bridgehead atoms. The number of carbonyl (C=O) groups excluding carboxylic acids is 1. The molecule has 2 aromatic rings. The van der Waals surface area contributed by atoms with Crippen molar-refractivity contribution in [2.75, 3.05) is 13.7 Å². The molecule has 2 rings (SSSR count). The maximum absolute atomic E-state index is 12.2. The number of alkyl halides is 3. The number of hydrazone groups is 1. The van der Waals surface area contributed by atoms with Crippen molar-refractivity contribution in [2.45, 2.75) is 12.7 Å². The maximum atomic E-state index is 12.2. The van der Waals surface area contributed by atoms with Gasteiger partial charge in [-0.1, -0.05) is 12.1 Å². The van der Waals surface area contributed by atoms with Gasteiger partial charge in [0.25, 0.3) is 5.91 Å². The Kier molecular flexibility index (Phi) is 5.98. The number of benzene rings is 1. The number of carbonyl (C=O) groups is 1. The molecular weight excluding hydrogens is 341 g/mol. The average Bonchev–Trinajstić information content (AvgIpc) is 2.98. The van der Waals surface area contributed by atoms with Gasteiger partial charge in [-0.15, -0.1) is 0 Å². The van der Waals surface area contributed by atoms with Crippen LogP contribution in [0.4, 0.5) is 13.2 Å². The van der Waals surface area contributed by atoms with E-state index >= 15 is 0 Å². The van der Waals surface area contributed by atoms with Crippen LogP contribution in [0.5, 0.6) is 11.5 Å². The first-order valence-electron chi connectivity index (χ1n) is 7.05. The van der Waals surface area contributed by atoms with Gasteiger partial charge in [-0.3, -0.25) is 9.48 Å². The molecule has 25 heavy (non-hydrogen) atoms. The van der Waals surface area contributed by atoms with Crippen LogP contribution in [-0.4, -0.2) is 41.8 Å². The van der Waals surface area contributed by atoms with Crippen molar-refractivity contribution in [3.05, 3.63) is 42.2 Å². The third-order valence-corrected chi connectivity index (χ3v) is 2.82. The minimum atomic E-state index is -4.36. The van der Waals surface area contributed by atoms with Gasteiger partial charge in [-0.05, 0) is 18.2 Å². The summed E-state index contributed by atoms with van der Waals surface area (Å²) < 4.78 is 47.7. The molecule has 0 radical (unpaired) electrons. The molecule has 7 nitrogen and oxygen atoms in total. The van der Waals surface area contributed by atoms with Crippen LogP contribution in [0, 0.1) is 0 Å². The number of hydrogen-bond acceptors (Lipinski definition) is 5. The van der Waals surface area contributed by atoms with Gasteiger partial charge in [-0.25, -0.2) is 5.43 Å². The summed E-state index contributed by atoms with van der Waals surface area (Å²) in [6, 6.07) is 8.15. The second kappa shape index (κ2) is 8.18. The fraction of sp³-hybridized carbons (Fsp3) is 0.267. The lowest BCUT2D eigenvalue weighted by Gasteiger charge is -2.08. The lowest BCUT2D eigenvalue weighted by molar-refractivity contribution is -0.142. The highest BCUT2D eigenvalue weighted by Gasteiger charge is 2.28. The summed E-state index contributed by atoms with van der Waals surface area (Å²) in [6.45, 7) is -1.50. The van der Waals surface area contributed by atoms with E-state index in [4.69, 9.17) is 9.47 Å². The number of methoxy groups -OCH3 is 1. The molecule has 0 saturated heterocycles. The molecule has 0 atom stereocenters. The quantitative estimate of drug-likeness (QED) is 0.608. The van der Waals surface area contributed by atoms with E-state index < -0.39 is 18.6 Å². The number of ether oxygens (including phenoxy) is 2. The monoisotopic (exact) mass is 356 g/mol. The fourth-order valence-corrected chi connectivity index (χ4v) is 1.80. The Bertz CT molecular complexity index is 744. The van der Waals surface area contributed by atoms with Crippen LogP contribution in [0.2, 0.25) is 0 Å². The fourth-order valence-electron chi connectivity index (χ4n) is 1.80. The van der Waals surface area contributed by atoms with Crippen molar-refractivity contribution in [2.24, 2.45) is 5.10 Å². The van der Waals surface area contributed by atoms with E-state index in [0.29, 0.717) is 11.5 Å². The first-order valence-corrected chi connectivity index (χ1v) is 7.05. The van der Waals surface area contributed by atoms with Gasteiger partial charge < -0.3 is 9.47 Å². The van der Waals surface area contributed by atoms with Crippen molar-refractivity contribution in [3.63, 3.8) is 0 Å². The summed E-state index contributed by atoms with van der Waals surface area (Å²) in [5, 5.41) is 7.27. The van der Waals surface area contributed by atoms with Crippen LogP contribution in [0.15, 0.2) is 41.6 Å². The number of rotatable bonds is 7. The molecule has 1 heterocycles. The number of nitrogens with one attached hydrogen (secondary N) is 1. The normalized spacial score (nSPS) is 11.5. The number of amides is 1. The Hall–Kier alpha value is -3.04. The van der Waals surface area contributed by atoms with Crippen LogP contribution in [-0.2, 0) is 11.3 Å². The van der Waals surface area contributed by atoms with Gasteiger partial charge in [0.15, 0.2) is 18.1 Å². The van der Waals surface area contributed by atoms with Crippen molar-refractivity contribution in [1.29, 1.82) is 0 Å². The number of aromatic nitrogens is 2. The van der Waals surface area contributed by atoms with Gasteiger partial charge in [0, 0.05) is 6.20 Å². The van der Waals surface area contributed by atoms with Gasteiger partial charge in [0.2, 0.25) is 0 Å².